The van der Waals surface area contributed by atoms with Gasteiger partial charge in [0.25, 0.3) is 0 Å². The van der Waals surface area contributed by atoms with E-state index >= 15 is 0 Å². The Bertz CT molecular complexity index is 1170. The topological polar surface area (TPSA) is 75.0 Å². The Kier molecular flexibility index (Phi) is 5.57. The van der Waals surface area contributed by atoms with Gasteiger partial charge in [0.05, 0.1) is 11.1 Å². The summed E-state index contributed by atoms with van der Waals surface area (Å²) in [7, 11) is 0. The van der Waals surface area contributed by atoms with Gasteiger partial charge in [0.2, 0.25) is 5.43 Å². The molecule has 3 rings (SSSR count). The number of ether oxygens (including phenoxy) is 1. The minimum absolute atomic E-state index is 0.0172. The second-order valence-corrected chi connectivity index (χ2v) is 6.82. The van der Waals surface area contributed by atoms with Crippen molar-refractivity contribution in [3.05, 3.63) is 73.4 Å². The molecule has 0 aliphatic carbocycles. The molecular weight excluding hydrogens is 409 g/mol. The maximum atomic E-state index is 12.6. The summed E-state index contributed by atoms with van der Waals surface area (Å²) in [4.78, 5) is 31.0. The zero-order valence-electron chi connectivity index (χ0n) is 15.4. The first kappa shape index (κ1) is 20.7. The Labute approximate surface area is 168 Å². The van der Waals surface area contributed by atoms with E-state index in [1.807, 2.05) is 0 Å². The second-order valence-electron chi connectivity index (χ2n) is 6.45. The first-order valence-corrected chi connectivity index (χ1v) is 8.86. The molecule has 0 spiro atoms. The van der Waals surface area contributed by atoms with Crippen LogP contribution < -0.4 is 15.6 Å². The van der Waals surface area contributed by atoms with Gasteiger partial charge in [-0.1, -0.05) is 11.6 Å². The van der Waals surface area contributed by atoms with Crippen LogP contribution >= 0.6 is 11.6 Å². The average molecular weight is 425 g/mol. The van der Waals surface area contributed by atoms with Crippen LogP contribution in [-0.4, -0.2) is 22.8 Å². The van der Waals surface area contributed by atoms with Crippen molar-refractivity contribution in [1.82, 2.24) is 9.97 Å². The fourth-order valence-electron chi connectivity index (χ4n) is 2.90. The molecule has 0 fully saturated rings. The van der Waals surface area contributed by atoms with E-state index in [2.05, 4.69) is 14.7 Å². The number of aromatic nitrogens is 2. The Morgan fingerprint density at radius 3 is 2.31 bits per heavy atom. The Morgan fingerprint density at radius 2 is 1.72 bits per heavy atom. The lowest BCUT2D eigenvalue weighted by molar-refractivity contribution is -0.153. The van der Waals surface area contributed by atoms with Crippen molar-refractivity contribution in [2.75, 3.05) is 6.61 Å². The van der Waals surface area contributed by atoms with Crippen molar-refractivity contribution in [1.29, 1.82) is 0 Å². The van der Waals surface area contributed by atoms with Crippen molar-refractivity contribution < 1.29 is 17.9 Å². The van der Waals surface area contributed by atoms with Gasteiger partial charge in [0.15, 0.2) is 12.0 Å². The van der Waals surface area contributed by atoms with Gasteiger partial charge in [-0.2, -0.15) is 13.2 Å². The fourth-order valence-corrected chi connectivity index (χ4v) is 3.04. The number of alkyl halides is 3. The van der Waals surface area contributed by atoms with E-state index in [0.717, 1.165) is 0 Å². The minimum Gasteiger partial charge on any atom is -0.484 e. The lowest BCUT2D eigenvalue weighted by atomic mass is 10.0. The highest BCUT2D eigenvalue weighted by Gasteiger charge is 2.28. The van der Waals surface area contributed by atoms with Crippen LogP contribution in [0.15, 0.2) is 46.1 Å². The van der Waals surface area contributed by atoms with Crippen molar-refractivity contribution in [3.8, 4) is 28.1 Å². The predicted octanol–water partition coefficient (Wildman–Crippen LogP) is 4.61. The third-order valence-electron chi connectivity index (χ3n) is 4.26. The number of H-pyrrole nitrogens is 2. The van der Waals surface area contributed by atoms with E-state index < -0.39 is 23.6 Å². The van der Waals surface area contributed by atoms with Gasteiger partial charge in [-0.15, -0.1) is 0 Å². The van der Waals surface area contributed by atoms with Crippen LogP contribution in [0, 0.1) is 13.8 Å². The normalized spacial score (nSPS) is 11.5. The molecule has 0 amide bonds. The quantitative estimate of drug-likeness (QED) is 0.642. The van der Waals surface area contributed by atoms with E-state index in [9.17, 15) is 22.8 Å². The smallest absolute Gasteiger partial charge is 0.422 e. The first-order valence-electron chi connectivity index (χ1n) is 8.49. The zero-order chi connectivity index (χ0) is 21.3. The van der Waals surface area contributed by atoms with Crippen LogP contribution in [0.4, 0.5) is 13.2 Å². The third kappa shape index (κ3) is 4.54. The minimum atomic E-state index is -4.42. The molecule has 2 heterocycles. The summed E-state index contributed by atoms with van der Waals surface area (Å²) < 4.78 is 41.3. The number of aryl methyl sites for hydroxylation is 2. The van der Waals surface area contributed by atoms with Gasteiger partial charge in [-0.05, 0) is 43.7 Å². The summed E-state index contributed by atoms with van der Waals surface area (Å²) >= 11 is 6.01. The van der Waals surface area contributed by atoms with Gasteiger partial charge in [-0.25, -0.2) is 0 Å². The van der Waals surface area contributed by atoms with E-state index in [4.69, 9.17) is 11.6 Å². The van der Waals surface area contributed by atoms with Gasteiger partial charge in [-0.3, -0.25) is 9.59 Å². The van der Waals surface area contributed by atoms with Crippen molar-refractivity contribution in [3.63, 3.8) is 0 Å². The molecule has 0 radical (unpaired) electrons. The summed E-state index contributed by atoms with van der Waals surface area (Å²) in [6.45, 7) is 1.95. The van der Waals surface area contributed by atoms with Crippen LogP contribution in [0.25, 0.3) is 22.4 Å². The third-order valence-corrected chi connectivity index (χ3v) is 4.71. The highest BCUT2D eigenvalue weighted by molar-refractivity contribution is 6.31. The molecule has 0 bridgehead atoms. The number of hydrogen-bond acceptors (Lipinski definition) is 3. The van der Waals surface area contributed by atoms with Gasteiger partial charge in [0, 0.05) is 29.3 Å². The molecule has 0 aliphatic heterocycles. The molecular formula is C20H16ClF3N2O3. The van der Waals surface area contributed by atoms with Crippen LogP contribution in [0.5, 0.6) is 5.75 Å². The van der Waals surface area contributed by atoms with Crippen LogP contribution in [0.1, 0.15) is 11.4 Å². The summed E-state index contributed by atoms with van der Waals surface area (Å²) in [6.07, 6.45) is -3.01. The zero-order valence-corrected chi connectivity index (χ0v) is 16.2. The predicted molar refractivity (Wildman–Crippen MR) is 105 cm³/mol. The van der Waals surface area contributed by atoms with Gasteiger partial charge >= 0.3 is 6.18 Å². The molecule has 1 aromatic carbocycles. The van der Waals surface area contributed by atoms with Crippen molar-refractivity contribution in [2.24, 2.45) is 0 Å². The summed E-state index contributed by atoms with van der Waals surface area (Å²) in [5.74, 6) is 0.0569. The van der Waals surface area contributed by atoms with Gasteiger partial charge < -0.3 is 14.7 Å². The first-order chi connectivity index (χ1) is 13.6. The number of hydrogen-bond donors (Lipinski definition) is 2. The summed E-state index contributed by atoms with van der Waals surface area (Å²) in [6, 6.07) is 7.12. The number of halogens is 4. The van der Waals surface area contributed by atoms with Crippen molar-refractivity contribution in [2.45, 2.75) is 20.0 Å². The molecule has 0 aliphatic rings. The maximum Gasteiger partial charge on any atom is 0.422 e. The van der Waals surface area contributed by atoms with Crippen molar-refractivity contribution >= 4 is 11.6 Å². The number of pyridine rings is 2. The Morgan fingerprint density at radius 1 is 1.07 bits per heavy atom. The molecule has 0 atom stereocenters. The summed E-state index contributed by atoms with van der Waals surface area (Å²) in [5, 5.41) is 0.0172. The molecule has 5 nitrogen and oxygen atoms in total. The van der Waals surface area contributed by atoms with Crippen LogP contribution in [0.2, 0.25) is 5.02 Å². The Hall–Kier alpha value is -3.00. The molecule has 29 heavy (non-hydrogen) atoms. The van der Waals surface area contributed by atoms with E-state index in [0.29, 0.717) is 22.6 Å². The molecule has 9 heteroatoms. The van der Waals surface area contributed by atoms with E-state index in [1.54, 1.807) is 13.8 Å². The highest BCUT2D eigenvalue weighted by atomic mass is 35.5. The Balaban J connectivity index is 1.92. The maximum absolute atomic E-state index is 12.6. The average Bonchev–Trinajstić information content (AvgIpc) is 2.65. The lowest BCUT2D eigenvalue weighted by Gasteiger charge is -2.11. The number of benzene rings is 1. The number of nitrogens with one attached hydrogen (secondary N) is 2. The molecule has 0 unspecified atom stereocenters. The SMILES string of the molecule is Cc1[nH]c(C)c(-c2c[nH]c(-c3ccc(OCC(F)(F)F)cc3)cc2=O)c(=O)c1Cl. The number of rotatable bonds is 4. The molecule has 0 saturated heterocycles. The second kappa shape index (κ2) is 7.79. The highest BCUT2D eigenvalue weighted by Crippen LogP contribution is 2.24. The van der Waals surface area contributed by atoms with E-state index in [-0.39, 0.29) is 21.9 Å². The largest absolute Gasteiger partial charge is 0.484 e. The van der Waals surface area contributed by atoms with Crippen LogP contribution in [-0.2, 0) is 0 Å². The molecule has 2 aromatic heterocycles. The lowest BCUT2D eigenvalue weighted by Crippen LogP contribution is -2.19. The standard InChI is InChI=1S/C20H16ClF3N2O3/c1-10-17(19(28)18(21)11(2)26-10)14-8-25-15(7-16(14)27)12-3-5-13(6-4-12)29-9-20(22,23)24/h3-8H,9H2,1-2H3,(H,25,27)(H,26,28). The molecule has 152 valence electrons. The van der Waals surface area contributed by atoms with Crippen LogP contribution in [0.3, 0.4) is 0 Å². The van der Waals surface area contributed by atoms with E-state index in [1.165, 1.54) is 36.5 Å². The molecule has 2 N–H and O–H groups in total. The fraction of sp³-hybridized carbons (Fsp3) is 0.200. The number of aromatic amines is 2. The monoisotopic (exact) mass is 424 g/mol. The van der Waals surface area contributed by atoms with Gasteiger partial charge in [0.1, 0.15) is 10.8 Å². The molecule has 3 aromatic rings. The molecule has 0 saturated carbocycles. The summed E-state index contributed by atoms with van der Waals surface area (Å²) in [5.41, 5.74) is 1.55.